The van der Waals surface area contributed by atoms with Gasteiger partial charge in [0, 0.05) is 6.04 Å². The Hall–Kier alpha value is -0.570. The molecule has 0 aromatic rings. The zero-order valence-corrected chi connectivity index (χ0v) is 12.5. The molecule has 3 unspecified atom stereocenters. The largest absolute Gasteiger partial charge is 0.323 e. The molecule has 0 aromatic heterocycles. The van der Waals surface area contributed by atoms with E-state index >= 15 is 0 Å². The van der Waals surface area contributed by atoms with E-state index in [1.54, 1.807) is 0 Å². The predicted octanol–water partition coefficient (Wildman–Crippen LogP) is 3.29. The Labute approximate surface area is 112 Å². The van der Waals surface area contributed by atoms with Gasteiger partial charge in [0.25, 0.3) is 0 Å². The lowest BCUT2D eigenvalue weighted by atomic mass is 10.1. The lowest BCUT2D eigenvalue weighted by Crippen LogP contribution is -2.42. The van der Waals surface area contributed by atoms with Crippen LogP contribution in [0.15, 0.2) is 0 Å². The molecule has 1 heterocycles. The Bertz CT molecular complexity index is 255. The van der Waals surface area contributed by atoms with Gasteiger partial charge in [0.2, 0.25) is 5.91 Å². The first-order chi connectivity index (χ1) is 8.65. The minimum Gasteiger partial charge on any atom is -0.323 e. The van der Waals surface area contributed by atoms with Crippen LogP contribution in [0.2, 0.25) is 0 Å². The molecule has 1 fully saturated rings. The van der Waals surface area contributed by atoms with Crippen molar-refractivity contribution in [3.63, 3.8) is 0 Å². The second-order valence-electron chi connectivity index (χ2n) is 5.50. The summed E-state index contributed by atoms with van der Waals surface area (Å²) in [5, 5.41) is 3.45. The molecule has 3 nitrogen and oxygen atoms in total. The summed E-state index contributed by atoms with van der Waals surface area (Å²) in [6.07, 6.45) is 8.41. The number of hydrogen-bond acceptors (Lipinski definition) is 2. The van der Waals surface area contributed by atoms with E-state index in [4.69, 9.17) is 0 Å². The number of carbonyl (C=O) groups is 1. The van der Waals surface area contributed by atoms with Crippen molar-refractivity contribution in [3.8, 4) is 0 Å². The lowest BCUT2D eigenvalue weighted by Gasteiger charge is -2.30. The van der Waals surface area contributed by atoms with Gasteiger partial charge in [-0.05, 0) is 26.2 Å². The van der Waals surface area contributed by atoms with Gasteiger partial charge in [-0.3, -0.25) is 10.1 Å². The molecule has 1 rings (SSSR count). The fraction of sp³-hybridized carbons (Fsp3) is 0.933. The average molecular weight is 254 g/mol. The van der Waals surface area contributed by atoms with Gasteiger partial charge in [0.15, 0.2) is 0 Å². The van der Waals surface area contributed by atoms with Crippen molar-refractivity contribution >= 4 is 5.91 Å². The second kappa shape index (κ2) is 7.78. The molecule has 1 N–H and O–H groups in total. The molecule has 0 aromatic carbocycles. The van der Waals surface area contributed by atoms with E-state index in [1.165, 1.54) is 25.7 Å². The fourth-order valence-electron chi connectivity index (χ4n) is 2.85. The molecule has 0 saturated carbocycles. The molecular weight excluding hydrogens is 224 g/mol. The van der Waals surface area contributed by atoms with Gasteiger partial charge < -0.3 is 4.90 Å². The molecule has 1 amide bonds. The molecule has 3 atom stereocenters. The summed E-state index contributed by atoms with van der Waals surface area (Å²) in [7, 11) is 0. The first kappa shape index (κ1) is 15.5. The van der Waals surface area contributed by atoms with Gasteiger partial charge in [-0.25, -0.2) is 0 Å². The lowest BCUT2D eigenvalue weighted by molar-refractivity contribution is -0.132. The van der Waals surface area contributed by atoms with Gasteiger partial charge in [-0.15, -0.1) is 0 Å². The molecular formula is C15H30N2O. The van der Waals surface area contributed by atoms with E-state index in [0.717, 1.165) is 19.3 Å². The third kappa shape index (κ3) is 3.71. The van der Waals surface area contributed by atoms with Crippen molar-refractivity contribution in [2.75, 3.05) is 0 Å². The summed E-state index contributed by atoms with van der Waals surface area (Å²) < 4.78 is 0. The Balaban J connectivity index is 2.48. The van der Waals surface area contributed by atoms with Crippen LogP contribution in [0, 0.1) is 0 Å². The number of nitrogens with zero attached hydrogens (tertiary/aromatic N) is 1. The maximum atomic E-state index is 12.3. The number of rotatable bonds is 8. The fourth-order valence-corrected chi connectivity index (χ4v) is 2.85. The SMILES string of the molecule is CCCCCCC(C)N1C(=O)C(CC)NC1CC. The molecule has 0 bridgehead atoms. The predicted molar refractivity (Wildman–Crippen MR) is 76.4 cm³/mol. The molecule has 106 valence electrons. The molecule has 0 aliphatic carbocycles. The third-order valence-electron chi connectivity index (χ3n) is 4.03. The minimum atomic E-state index is 0.0491. The van der Waals surface area contributed by atoms with E-state index in [2.05, 4.69) is 37.9 Å². The standard InChI is InChI=1S/C15H30N2O/c1-5-8-9-10-11-12(4)17-14(7-3)16-13(6-2)15(17)18/h12-14,16H,5-11H2,1-4H3. The summed E-state index contributed by atoms with van der Waals surface area (Å²) in [6, 6.07) is 0.427. The van der Waals surface area contributed by atoms with Crippen LogP contribution in [0.3, 0.4) is 0 Å². The van der Waals surface area contributed by atoms with Gasteiger partial charge in [0.1, 0.15) is 0 Å². The number of hydrogen-bond donors (Lipinski definition) is 1. The number of carbonyl (C=O) groups excluding carboxylic acids is 1. The van der Waals surface area contributed by atoms with Crippen molar-refractivity contribution in [2.24, 2.45) is 0 Å². The molecule has 0 radical (unpaired) electrons. The monoisotopic (exact) mass is 254 g/mol. The van der Waals surface area contributed by atoms with Crippen molar-refractivity contribution in [2.45, 2.75) is 90.9 Å². The Morgan fingerprint density at radius 1 is 1.17 bits per heavy atom. The smallest absolute Gasteiger partial charge is 0.241 e. The maximum absolute atomic E-state index is 12.3. The molecule has 3 heteroatoms. The van der Waals surface area contributed by atoms with Crippen molar-refractivity contribution < 1.29 is 4.79 Å². The highest BCUT2D eigenvalue weighted by atomic mass is 16.2. The summed E-state index contributed by atoms with van der Waals surface area (Å²) >= 11 is 0. The quantitative estimate of drug-likeness (QED) is 0.674. The molecule has 1 aliphatic heterocycles. The van der Waals surface area contributed by atoms with Gasteiger partial charge in [-0.2, -0.15) is 0 Å². The first-order valence-corrected chi connectivity index (χ1v) is 7.73. The van der Waals surface area contributed by atoms with Crippen LogP contribution in [-0.2, 0) is 4.79 Å². The molecule has 1 aliphatic rings. The van der Waals surface area contributed by atoms with E-state index in [-0.39, 0.29) is 12.2 Å². The molecule has 1 saturated heterocycles. The minimum absolute atomic E-state index is 0.0491. The summed E-state index contributed by atoms with van der Waals surface area (Å²) in [5.74, 6) is 0.312. The van der Waals surface area contributed by atoms with Crippen LogP contribution in [0.4, 0.5) is 0 Å². The van der Waals surface area contributed by atoms with Gasteiger partial charge in [-0.1, -0.05) is 46.5 Å². The Morgan fingerprint density at radius 2 is 1.89 bits per heavy atom. The summed E-state index contributed by atoms with van der Waals surface area (Å²) in [6.45, 7) is 8.67. The third-order valence-corrected chi connectivity index (χ3v) is 4.03. The van der Waals surface area contributed by atoms with Crippen LogP contribution in [0.5, 0.6) is 0 Å². The van der Waals surface area contributed by atoms with Crippen molar-refractivity contribution in [1.29, 1.82) is 0 Å². The highest BCUT2D eigenvalue weighted by Gasteiger charge is 2.38. The number of amides is 1. The molecule has 0 spiro atoms. The number of unbranched alkanes of at least 4 members (excludes halogenated alkanes) is 3. The maximum Gasteiger partial charge on any atom is 0.241 e. The zero-order valence-electron chi connectivity index (χ0n) is 12.5. The highest BCUT2D eigenvalue weighted by molar-refractivity contribution is 5.84. The van der Waals surface area contributed by atoms with Crippen LogP contribution in [0.1, 0.15) is 72.6 Å². The Kier molecular flexibility index (Phi) is 6.69. The normalized spacial score (nSPS) is 25.8. The average Bonchev–Trinajstić information content (AvgIpc) is 2.70. The van der Waals surface area contributed by atoms with Crippen molar-refractivity contribution in [1.82, 2.24) is 10.2 Å². The number of nitrogens with one attached hydrogen (secondary N) is 1. The second-order valence-corrected chi connectivity index (χ2v) is 5.50. The van der Waals surface area contributed by atoms with E-state index in [0.29, 0.717) is 11.9 Å². The van der Waals surface area contributed by atoms with Gasteiger partial charge in [0.05, 0.1) is 12.2 Å². The molecule has 18 heavy (non-hydrogen) atoms. The van der Waals surface area contributed by atoms with Crippen molar-refractivity contribution in [3.05, 3.63) is 0 Å². The zero-order chi connectivity index (χ0) is 13.5. The summed E-state index contributed by atoms with van der Waals surface area (Å²) in [5.41, 5.74) is 0. The van der Waals surface area contributed by atoms with Crippen LogP contribution in [-0.4, -0.2) is 29.1 Å². The van der Waals surface area contributed by atoms with Gasteiger partial charge >= 0.3 is 0 Å². The van der Waals surface area contributed by atoms with Crippen LogP contribution < -0.4 is 5.32 Å². The van der Waals surface area contributed by atoms with E-state index in [9.17, 15) is 4.79 Å². The van der Waals surface area contributed by atoms with E-state index < -0.39 is 0 Å². The van der Waals surface area contributed by atoms with E-state index in [1.807, 2.05) is 0 Å². The highest BCUT2D eigenvalue weighted by Crippen LogP contribution is 2.21. The first-order valence-electron chi connectivity index (χ1n) is 7.73. The summed E-state index contributed by atoms with van der Waals surface area (Å²) in [4.78, 5) is 14.4. The topological polar surface area (TPSA) is 32.3 Å². The van der Waals surface area contributed by atoms with Crippen LogP contribution in [0.25, 0.3) is 0 Å². The Morgan fingerprint density at radius 3 is 2.44 bits per heavy atom. The van der Waals surface area contributed by atoms with Crippen LogP contribution >= 0.6 is 0 Å².